The van der Waals surface area contributed by atoms with Gasteiger partial charge in [0, 0.05) is 0 Å². The molecule has 0 heterocycles. The highest BCUT2D eigenvalue weighted by atomic mass is 16.5. The Labute approximate surface area is 64.1 Å². The summed E-state index contributed by atoms with van der Waals surface area (Å²) >= 11 is 0. The second-order valence-electron chi connectivity index (χ2n) is 1.68. The number of rotatable bonds is 2. The maximum absolute atomic E-state index is 10.7. The normalized spacial score (nSPS) is 11.4. The quantitative estimate of drug-likeness (QED) is 0.180. The van der Waals surface area contributed by atoms with Gasteiger partial charge in [0.25, 0.3) is 0 Å². The van der Waals surface area contributed by atoms with E-state index in [1.54, 1.807) is 6.92 Å². The Kier molecular flexibility index (Phi) is 3.67. The van der Waals surface area contributed by atoms with Crippen LogP contribution in [-0.4, -0.2) is 30.1 Å². The van der Waals surface area contributed by atoms with Gasteiger partial charge in [0.2, 0.25) is 0 Å². The molecule has 0 N–H and O–H groups in total. The maximum Gasteiger partial charge on any atom is 0.416 e. The van der Waals surface area contributed by atoms with Crippen LogP contribution in [0.4, 0.5) is 0 Å². The second-order valence-corrected chi connectivity index (χ2v) is 1.68. The first-order valence-electron chi connectivity index (χ1n) is 2.98. The van der Waals surface area contributed by atoms with Gasteiger partial charge in [-0.3, -0.25) is 0 Å². The van der Waals surface area contributed by atoms with Crippen LogP contribution in [0, 0.1) is 16.5 Å². The first-order chi connectivity index (χ1) is 5.13. The van der Waals surface area contributed by atoms with Crippen molar-refractivity contribution in [1.29, 1.82) is 5.26 Å². The van der Waals surface area contributed by atoms with Crippen molar-refractivity contribution in [3.05, 3.63) is 5.21 Å². The Balaban J connectivity index is 4.45. The number of hydroxylamine groups is 1. The van der Waals surface area contributed by atoms with Gasteiger partial charge in [-0.2, -0.15) is 10.0 Å². The molecule has 0 aliphatic heterocycles. The van der Waals surface area contributed by atoms with Crippen molar-refractivity contribution in [1.82, 2.24) is 0 Å². The highest BCUT2D eigenvalue weighted by Gasteiger charge is 2.18. The Morgan fingerprint density at radius 1 is 1.82 bits per heavy atom. The molecule has 0 aliphatic carbocycles. The molecule has 0 radical (unpaired) electrons. The molecule has 0 aromatic heterocycles. The number of hydrogen-bond acceptors (Lipinski definition) is 4. The van der Waals surface area contributed by atoms with Crippen LogP contribution in [0.2, 0.25) is 0 Å². The summed E-state index contributed by atoms with van der Waals surface area (Å²) in [4.78, 5) is 10.7. The number of ether oxygens (including phenoxy) is 1. The van der Waals surface area contributed by atoms with Crippen LogP contribution in [0.1, 0.15) is 6.92 Å². The number of carbonyl (C=O) groups excluding carboxylic acids is 1. The molecular weight excluding hydrogens is 148 g/mol. The van der Waals surface area contributed by atoms with Crippen molar-refractivity contribution in [3.8, 4) is 6.07 Å². The summed E-state index contributed by atoms with van der Waals surface area (Å²) in [6.07, 6.45) is 0. The molecule has 0 amide bonds. The van der Waals surface area contributed by atoms with E-state index < -0.39 is 11.7 Å². The van der Waals surface area contributed by atoms with E-state index in [2.05, 4.69) is 4.74 Å². The van der Waals surface area contributed by atoms with E-state index in [0.29, 0.717) is 0 Å². The SMILES string of the molecule is CCOC(=O)/C(C#N)=[N+](\C)[O-]. The summed E-state index contributed by atoms with van der Waals surface area (Å²) in [6, 6.07) is 1.44. The summed E-state index contributed by atoms with van der Waals surface area (Å²) in [6.45, 7) is 1.75. The van der Waals surface area contributed by atoms with Crippen LogP contribution < -0.4 is 0 Å². The highest BCUT2D eigenvalue weighted by molar-refractivity contribution is 6.40. The van der Waals surface area contributed by atoms with Crippen molar-refractivity contribution in [2.24, 2.45) is 0 Å². The first-order valence-corrected chi connectivity index (χ1v) is 2.98. The van der Waals surface area contributed by atoms with Gasteiger partial charge in [0.1, 0.15) is 7.05 Å². The topological polar surface area (TPSA) is 76.2 Å². The van der Waals surface area contributed by atoms with Crippen molar-refractivity contribution in [2.45, 2.75) is 6.92 Å². The summed E-state index contributed by atoms with van der Waals surface area (Å²) in [5.74, 6) is -0.882. The van der Waals surface area contributed by atoms with Crippen molar-refractivity contribution in [2.75, 3.05) is 13.7 Å². The maximum atomic E-state index is 10.7. The minimum absolute atomic E-state index is 0.151. The lowest BCUT2D eigenvalue weighted by Crippen LogP contribution is -2.23. The lowest BCUT2D eigenvalue weighted by atomic mass is 10.4. The molecule has 0 aromatic rings. The van der Waals surface area contributed by atoms with Crippen LogP contribution in [0.3, 0.4) is 0 Å². The molecule has 0 spiro atoms. The molecule has 0 aromatic carbocycles. The smallest absolute Gasteiger partial charge is 0.416 e. The Morgan fingerprint density at radius 2 is 2.36 bits per heavy atom. The third kappa shape index (κ3) is 2.67. The lowest BCUT2D eigenvalue weighted by molar-refractivity contribution is -0.421. The largest absolute Gasteiger partial charge is 0.623 e. The van der Waals surface area contributed by atoms with Crippen LogP contribution in [0.5, 0.6) is 0 Å². The molecule has 5 nitrogen and oxygen atoms in total. The van der Waals surface area contributed by atoms with E-state index in [-0.39, 0.29) is 11.3 Å². The number of nitriles is 1. The van der Waals surface area contributed by atoms with Gasteiger partial charge in [0.05, 0.1) is 6.61 Å². The summed E-state index contributed by atoms with van der Waals surface area (Å²) in [5, 5.41) is 18.7. The van der Waals surface area contributed by atoms with Crippen LogP contribution in [0.15, 0.2) is 0 Å². The molecule has 0 saturated heterocycles. The van der Waals surface area contributed by atoms with E-state index in [4.69, 9.17) is 5.26 Å². The van der Waals surface area contributed by atoms with Gasteiger partial charge < -0.3 is 9.94 Å². The molecule has 0 rings (SSSR count). The first kappa shape index (κ1) is 9.43. The monoisotopic (exact) mass is 156 g/mol. The van der Waals surface area contributed by atoms with Crippen molar-refractivity contribution >= 4 is 11.7 Å². The average Bonchev–Trinajstić information content (AvgIpc) is 1.88. The zero-order chi connectivity index (χ0) is 8.85. The van der Waals surface area contributed by atoms with Gasteiger partial charge in [-0.15, -0.1) is 0 Å². The average molecular weight is 156 g/mol. The molecule has 60 valence electrons. The number of hydrogen-bond donors (Lipinski definition) is 0. The molecule has 5 heteroatoms. The fraction of sp³-hybridized carbons (Fsp3) is 0.500. The zero-order valence-corrected chi connectivity index (χ0v) is 6.33. The Bertz CT molecular complexity index is 222. The van der Waals surface area contributed by atoms with E-state index in [0.717, 1.165) is 7.05 Å². The number of nitrogens with zero attached hydrogens (tertiary/aromatic N) is 2. The molecule has 0 fully saturated rings. The van der Waals surface area contributed by atoms with E-state index in [1.807, 2.05) is 0 Å². The van der Waals surface area contributed by atoms with Crippen molar-refractivity contribution < 1.29 is 14.3 Å². The van der Waals surface area contributed by atoms with Gasteiger partial charge in [-0.1, -0.05) is 0 Å². The molecule has 0 saturated carbocycles. The van der Waals surface area contributed by atoms with Gasteiger partial charge in [-0.25, -0.2) is 4.79 Å². The zero-order valence-electron chi connectivity index (χ0n) is 6.33. The molecule has 11 heavy (non-hydrogen) atoms. The third-order valence-electron chi connectivity index (χ3n) is 0.890. The van der Waals surface area contributed by atoms with E-state index in [1.165, 1.54) is 6.07 Å². The van der Waals surface area contributed by atoms with Crippen molar-refractivity contribution in [3.63, 3.8) is 0 Å². The Hall–Kier alpha value is -1.57. The Morgan fingerprint density at radius 3 is 2.64 bits per heavy atom. The standard InChI is InChI=1S/C6H8N2O3/c1-3-11-6(9)5(4-7)8(2)10/h3H2,1-2H3/b8-5+. The molecular formula is C6H8N2O3. The fourth-order valence-electron chi connectivity index (χ4n) is 0.444. The fourth-order valence-corrected chi connectivity index (χ4v) is 0.444. The molecule has 0 atom stereocenters. The summed E-state index contributed by atoms with van der Waals surface area (Å²) in [5.41, 5.74) is -0.535. The van der Waals surface area contributed by atoms with E-state index >= 15 is 0 Å². The number of carbonyl (C=O) groups is 1. The van der Waals surface area contributed by atoms with Gasteiger partial charge in [0.15, 0.2) is 6.07 Å². The summed E-state index contributed by atoms with van der Waals surface area (Å²) < 4.78 is 4.59. The highest BCUT2D eigenvalue weighted by Crippen LogP contribution is 1.82. The van der Waals surface area contributed by atoms with Crippen LogP contribution in [-0.2, 0) is 9.53 Å². The number of esters is 1. The second kappa shape index (κ2) is 4.28. The summed E-state index contributed by atoms with van der Waals surface area (Å²) in [7, 11) is 1.06. The van der Waals surface area contributed by atoms with Gasteiger partial charge in [-0.05, 0) is 6.92 Å². The lowest BCUT2D eigenvalue weighted by Gasteiger charge is -1.98. The predicted molar refractivity (Wildman–Crippen MR) is 36.8 cm³/mol. The van der Waals surface area contributed by atoms with Gasteiger partial charge >= 0.3 is 11.7 Å². The molecule has 0 unspecified atom stereocenters. The minimum Gasteiger partial charge on any atom is -0.623 e. The van der Waals surface area contributed by atoms with Crippen LogP contribution >= 0.6 is 0 Å². The molecule has 0 aliphatic rings. The third-order valence-corrected chi connectivity index (χ3v) is 0.890. The van der Waals surface area contributed by atoms with E-state index in [9.17, 15) is 10.0 Å². The predicted octanol–water partition coefficient (Wildman–Crippen LogP) is -0.346. The molecule has 0 bridgehead atoms. The van der Waals surface area contributed by atoms with Crippen LogP contribution in [0.25, 0.3) is 0 Å². The minimum atomic E-state index is -0.882.